The normalized spacial score (nSPS) is 24.7. The van der Waals surface area contributed by atoms with Crippen LogP contribution in [0.25, 0.3) is 0 Å². The number of nitrogens with one attached hydrogen (secondary N) is 1. The van der Waals surface area contributed by atoms with Gasteiger partial charge < -0.3 is 25.0 Å². The van der Waals surface area contributed by atoms with E-state index in [1.807, 2.05) is 25.1 Å². The van der Waals surface area contributed by atoms with Crippen molar-refractivity contribution >= 4 is 17.9 Å². The molecule has 3 amide bonds. The zero-order chi connectivity index (χ0) is 20.1. The lowest BCUT2D eigenvalue weighted by Gasteiger charge is -2.35. The standard InChI is InChI=1S/C20H27N3O5/c1-14-9-15(19(25)26)11-23(10-14)20(27)21-16-7-8-22(12-16)18(24)13-28-17-5-3-2-4-6-17/h2-6,14-16H,7-13H2,1H3,(H,21,27)(H,25,26). The fourth-order valence-electron chi connectivity index (χ4n) is 3.82. The second kappa shape index (κ2) is 8.95. The number of carbonyl (C=O) groups excluding carboxylic acids is 2. The Hall–Kier alpha value is -2.77. The zero-order valence-corrected chi connectivity index (χ0v) is 16.0. The Balaban J connectivity index is 1.45. The number of benzene rings is 1. The molecule has 3 rings (SSSR count). The van der Waals surface area contributed by atoms with Crippen LogP contribution < -0.4 is 10.1 Å². The van der Waals surface area contributed by atoms with Crippen LogP contribution in [-0.4, -0.2) is 71.6 Å². The first-order chi connectivity index (χ1) is 13.4. The summed E-state index contributed by atoms with van der Waals surface area (Å²) in [5, 5.41) is 12.2. The average Bonchev–Trinajstić information content (AvgIpc) is 3.15. The van der Waals surface area contributed by atoms with Gasteiger partial charge in [-0.25, -0.2) is 4.79 Å². The number of urea groups is 1. The first kappa shape index (κ1) is 20.0. The molecule has 28 heavy (non-hydrogen) atoms. The summed E-state index contributed by atoms with van der Waals surface area (Å²) < 4.78 is 5.50. The number of piperidine rings is 1. The highest BCUT2D eigenvalue weighted by atomic mass is 16.5. The van der Waals surface area contributed by atoms with Crippen LogP contribution in [0.15, 0.2) is 30.3 Å². The van der Waals surface area contributed by atoms with E-state index in [0.717, 1.165) is 0 Å². The molecule has 8 nitrogen and oxygen atoms in total. The summed E-state index contributed by atoms with van der Waals surface area (Å²) in [5.74, 6) is -0.700. The van der Waals surface area contributed by atoms with Gasteiger partial charge >= 0.3 is 12.0 Å². The monoisotopic (exact) mass is 389 g/mol. The molecule has 1 aromatic carbocycles. The van der Waals surface area contributed by atoms with Crippen molar-refractivity contribution in [2.45, 2.75) is 25.8 Å². The molecule has 2 saturated heterocycles. The highest BCUT2D eigenvalue weighted by Crippen LogP contribution is 2.22. The largest absolute Gasteiger partial charge is 0.484 e. The number of hydrogen-bond acceptors (Lipinski definition) is 4. The minimum absolute atomic E-state index is 0.0331. The van der Waals surface area contributed by atoms with Gasteiger partial charge in [0.25, 0.3) is 5.91 Å². The highest BCUT2D eigenvalue weighted by molar-refractivity contribution is 5.79. The fraction of sp³-hybridized carbons (Fsp3) is 0.550. The lowest BCUT2D eigenvalue weighted by Crippen LogP contribution is -2.52. The van der Waals surface area contributed by atoms with Gasteiger partial charge in [-0.05, 0) is 30.9 Å². The second-order valence-electron chi connectivity index (χ2n) is 7.66. The predicted molar refractivity (Wildman–Crippen MR) is 102 cm³/mol. The number of likely N-dealkylation sites (tertiary alicyclic amines) is 2. The highest BCUT2D eigenvalue weighted by Gasteiger charge is 2.34. The number of carbonyl (C=O) groups is 3. The van der Waals surface area contributed by atoms with Crippen LogP contribution in [-0.2, 0) is 9.59 Å². The third-order valence-electron chi connectivity index (χ3n) is 5.27. The molecule has 2 fully saturated rings. The molecule has 8 heteroatoms. The Morgan fingerprint density at radius 2 is 1.89 bits per heavy atom. The molecule has 0 radical (unpaired) electrons. The summed E-state index contributed by atoms with van der Waals surface area (Å²) in [4.78, 5) is 39.4. The first-order valence-electron chi connectivity index (χ1n) is 9.66. The Labute approximate surface area is 164 Å². The quantitative estimate of drug-likeness (QED) is 0.793. The molecule has 0 bridgehead atoms. The Bertz CT molecular complexity index is 711. The molecular weight excluding hydrogens is 362 g/mol. The topological polar surface area (TPSA) is 99.2 Å². The van der Waals surface area contributed by atoms with Gasteiger partial charge in [-0.3, -0.25) is 9.59 Å². The van der Waals surface area contributed by atoms with Crippen molar-refractivity contribution in [3.05, 3.63) is 30.3 Å². The van der Waals surface area contributed by atoms with E-state index in [0.29, 0.717) is 38.2 Å². The van der Waals surface area contributed by atoms with E-state index in [1.54, 1.807) is 21.9 Å². The molecular formula is C20H27N3O5. The van der Waals surface area contributed by atoms with Crippen LogP contribution in [0, 0.1) is 11.8 Å². The Kier molecular flexibility index (Phi) is 6.38. The molecule has 3 unspecified atom stereocenters. The summed E-state index contributed by atoms with van der Waals surface area (Å²) >= 11 is 0. The minimum atomic E-state index is -0.861. The third-order valence-corrected chi connectivity index (χ3v) is 5.27. The number of carboxylic acid groups (broad SMARTS) is 1. The van der Waals surface area contributed by atoms with Crippen molar-refractivity contribution < 1.29 is 24.2 Å². The smallest absolute Gasteiger partial charge is 0.317 e. The number of hydrogen-bond donors (Lipinski definition) is 2. The van der Waals surface area contributed by atoms with Crippen molar-refractivity contribution in [3.8, 4) is 5.75 Å². The number of rotatable bonds is 5. The van der Waals surface area contributed by atoms with E-state index >= 15 is 0 Å². The maximum Gasteiger partial charge on any atom is 0.317 e. The predicted octanol–water partition coefficient (Wildman–Crippen LogP) is 1.42. The molecule has 0 aromatic heterocycles. The van der Waals surface area contributed by atoms with Crippen molar-refractivity contribution in [2.24, 2.45) is 11.8 Å². The van der Waals surface area contributed by atoms with Gasteiger partial charge in [0.1, 0.15) is 5.75 Å². The lowest BCUT2D eigenvalue weighted by atomic mass is 9.91. The van der Waals surface area contributed by atoms with Crippen LogP contribution in [0.3, 0.4) is 0 Å². The third kappa shape index (κ3) is 5.15. The SMILES string of the molecule is CC1CC(C(=O)O)CN(C(=O)NC2CCN(C(=O)COc3ccccc3)C2)C1. The van der Waals surface area contributed by atoms with Gasteiger partial charge in [-0.1, -0.05) is 25.1 Å². The Morgan fingerprint density at radius 3 is 2.61 bits per heavy atom. The average molecular weight is 389 g/mol. The van der Waals surface area contributed by atoms with Gasteiger partial charge in [-0.2, -0.15) is 0 Å². The number of amides is 3. The van der Waals surface area contributed by atoms with Gasteiger partial charge in [0.15, 0.2) is 6.61 Å². The molecule has 1 aromatic rings. The molecule has 152 valence electrons. The van der Waals surface area contributed by atoms with Crippen LogP contribution in [0.4, 0.5) is 4.79 Å². The lowest BCUT2D eigenvalue weighted by molar-refractivity contribution is -0.143. The molecule has 2 aliphatic heterocycles. The first-order valence-corrected chi connectivity index (χ1v) is 9.66. The maximum absolute atomic E-state index is 12.5. The van der Waals surface area contributed by atoms with Gasteiger partial charge in [0, 0.05) is 32.2 Å². The van der Waals surface area contributed by atoms with E-state index in [1.165, 1.54) is 0 Å². The summed E-state index contributed by atoms with van der Waals surface area (Å²) in [6.45, 7) is 3.71. The molecule has 0 aliphatic carbocycles. The van der Waals surface area contributed by atoms with Crippen LogP contribution in [0.5, 0.6) is 5.75 Å². The summed E-state index contributed by atoms with van der Waals surface area (Å²) in [6.07, 6.45) is 1.26. The molecule has 2 aliphatic rings. The molecule has 2 N–H and O–H groups in total. The number of aliphatic carboxylic acids is 1. The minimum Gasteiger partial charge on any atom is -0.484 e. The molecule has 0 saturated carbocycles. The van der Waals surface area contributed by atoms with Gasteiger partial charge in [0.2, 0.25) is 0 Å². The van der Waals surface area contributed by atoms with Crippen molar-refractivity contribution in [3.63, 3.8) is 0 Å². The summed E-state index contributed by atoms with van der Waals surface area (Å²) in [5.41, 5.74) is 0. The summed E-state index contributed by atoms with van der Waals surface area (Å²) in [7, 11) is 0. The number of para-hydroxylation sites is 1. The number of nitrogens with zero attached hydrogens (tertiary/aromatic N) is 2. The van der Waals surface area contributed by atoms with Gasteiger partial charge in [0.05, 0.1) is 5.92 Å². The van der Waals surface area contributed by atoms with Crippen LogP contribution in [0.2, 0.25) is 0 Å². The van der Waals surface area contributed by atoms with E-state index in [2.05, 4.69) is 5.32 Å². The maximum atomic E-state index is 12.5. The second-order valence-corrected chi connectivity index (χ2v) is 7.66. The van der Waals surface area contributed by atoms with Gasteiger partial charge in [-0.15, -0.1) is 0 Å². The van der Waals surface area contributed by atoms with Crippen LogP contribution >= 0.6 is 0 Å². The molecule has 3 atom stereocenters. The van der Waals surface area contributed by atoms with E-state index in [9.17, 15) is 19.5 Å². The fourth-order valence-corrected chi connectivity index (χ4v) is 3.82. The van der Waals surface area contributed by atoms with Crippen molar-refractivity contribution in [2.75, 3.05) is 32.8 Å². The van der Waals surface area contributed by atoms with E-state index < -0.39 is 11.9 Å². The molecule has 2 heterocycles. The van der Waals surface area contributed by atoms with Crippen molar-refractivity contribution in [1.82, 2.24) is 15.1 Å². The van der Waals surface area contributed by atoms with Crippen LogP contribution in [0.1, 0.15) is 19.8 Å². The molecule has 0 spiro atoms. The summed E-state index contributed by atoms with van der Waals surface area (Å²) in [6, 6.07) is 8.78. The Morgan fingerprint density at radius 1 is 1.14 bits per heavy atom. The van der Waals surface area contributed by atoms with E-state index in [-0.39, 0.29) is 37.0 Å². The zero-order valence-electron chi connectivity index (χ0n) is 16.0. The van der Waals surface area contributed by atoms with E-state index in [4.69, 9.17) is 4.74 Å². The number of ether oxygens (including phenoxy) is 1. The van der Waals surface area contributed by atoms with Crippen molar-refractivity contribution in [1.29, 1.82) is 0 Å². The number of carboxylic acids is 1.